The van der Waals surface area contributed by atoms with E-state index in [0.717, 1.165) is 50.9 Å². The lowest BCUT2D eigenvalue weighted by molar-refractivity contribution is 0.146. The molecule has 1 aromatic rings. The van der Waals surface area contributed by atoms with Crippen LogP contribution < -0.4 is 5.32 Å². The first-order valence-corrected chi connectivity index (χ1v) is 6.40. The maximum absolute atomic E-state index is 5.76. The number of methoxy groups -OCH3 is 1. The summed E-state index contributed by atoms with van der Waals surface area (Å²) in [4.78, 5) is 2.24. The molecule has 102 valence electrons. The largest absolute Gasteiger partial charge is 0.463 e. The van der Waals surface area contributed by atoms with Crippen LogP contribution >= 0.6 is 0 Å². The summed E-state index contributed by atoms with van der Waals surface area (Å²) in [6.45, 7) is 10.8. The molecule has 0 aliphatic heterocycles. The van der Waals surface area contributed by atoms with Crippen molar-refractivity contribution in [3.05, 3.63) is 36.3 Å². The van der Waals surface area contributed by atoms with Crippen LogP contribution in [0.3, 0.4) is 0 Å². The highest BCUT2D eigenvalue weighted by atomic mass is 16.5. The van der Waals surface area contributed by atoms with Gasteiger partial charge in [0.2, 0.25) is 0 Å². The van der Waals surface area contributed by atoms with E-state index in [2.05, 4.69) is 23.7 Å². The van der Waals surface area contributed by atoms with Crippen molar-refractivity contribution >= 4 is 0 Å². The van der Waals surface area contributed by atoms with E-state index in [9.17, 15) is 0 Å². The number of ether oxygens (including phenoxy) is 1. The van der Waals surface area contributed by atoms with Crippen molar-refractivity contribution in [2.24, 2.45) is 0 Å². The number of nitrogens with one attached hydrogen (secondary N) is 1. The van der Waals surface area contributed by atoms with E-state index in [0.29, 0.717) is 0 Å². The molecule has 18 heavy (non-hydrogen) atoms. The van der Waals surface area contributed by atoms with Gasteiger partial charge in [0.25, 0.3) is 0 Å². The second kappa shape index (κ2) is 8.91. The summed E-state index contributed by atoms with van der Waals surface area (Å²) < 4.78 is 10.9. The Morgan fingerprint density at radius 3 is 2.89 bits per heavy atom. The lowest BCUT2D eigenvalue weighted by Gasteiger charge is -2.18. The first-order chi connectivity index (χ1) is 8.80. The molecule has 0 bridgehead atoms. The molecule has 1 rings (SSSR count). The number of hydrogen-bond acceptors (Lipinski definition) is 4. The fraction of sp³-hybridized carbons (Fsp3) is 0.571. The van der Waals surface area contributed by atoms with E-state index in [1.165, 1.54) is 0 Å². The molecular formula is C14H24N2O2. The number of furan rings is 1. The van der Waals surface area contributed by atoms with E-state index in [1.54, 1.807) is 7.11 Å². The second-order valence-electron chi connectivity index (χ2n) is 4.16. The van der Waals surface area contributed by atoms with Crippen LogP contribution in [0.4, 0.5) is 0 Å². The Hall–Kier alpha value is -1.10. The quantitative estimate of drug-likeness (QED) is 0.647. The Balaban J connectivity index is 2.46. The molecule has 1 heterocycles. The van der Waals surface area contributed by atoms with Crippen LogP contribution in [0.25, 0.3) is 0 Å². The van der Waals surface area contributed by atoms with Crippen molar-refractivity contribution in [2.45, 2.75) is 20.0 Å². The van der Waals surface area contributed by atoms with Crippen molar-refractivity contribution in [1.29, 1.82) is 0 Å². The molecule has 0 aliphatic carbocycles. The first-order valence-electron chi connectivity index (χ1n) is 6.40. The van der Waals surface area contributed by atoms with Crippen molar-refractivity contribution < 1.29 is 9.15 Å². The maximum Gasteiger partial charge on any atom is 0.118 e. The summed E-state index contributed by atoms with van der Waals surface area (Å²) >= 11 is 0. The molecule has 1 aromatic heterocycles. The third kappa shape index (κ3) is 5.49. The summed E-state index contributed by atoms with van der Waals surface area (Å²) in [5, 5.41) is 3.25. The van der Waals surface area contributed by atoms with Gasteiger partial charge in [0.15, 0.2) is 0 Å². The number of rotatable bonds is 10. The molecule has 0 saturated heterocycles. The third-order valence-corrected chi connectivity index (χ3v) is 2.64. The highest BCUT2D eigenvalue weighted by Crippen LogP contribution is 2.10. The predicted molar refractivity (Wildman–Crippen MR) is 73.4 cm³/mol. The lowest BCUT2D eigenvalue weighted by atomic mass is 10.3. The Labute approximate surface area is 110 Å². The number of nitrogens with zero attached hydrogens (tertiary/aromatic N) is 1. The van der Waals surface area contributed by atoms with Gasteiger partial charge in [-0.3, -0.25) is 4.90 Å². The molecule has 0 aromatic carbocycles. The summed E-state index contributed by atoms with van der Waals surface area (Å²) in [7, 11) is 1.72. The van der Waals surface area contributed by atoms with Gasteiger partial charge in [0.05, 0.1) is 19.7 Å². The van der Waals surface area contributed by atoms with Crippen LogP contribution in [0.5, 0.6) is 0 Å². The van der Waals surface area contributed by atoms with Gasteiger partial charge in [0.1, 0.15) is 11.5 Å². The zero-order valence-corrected chi connectivity index (χ0v) is 11.4. The molecule has 0 aliphatic rings. The molecule has 0 saturated carbocycles. The summed E-state index contributed by atoms with van der Waals surface area (Å²) in [5.74, 6) is 1.97. The molecule has 0 fully saturated rings. The molecule has 0 atom stereocenters. The van der Waals surface area contributed by atoms with Crippen molar-refractivity contribution in [3.8, 4) is 0 Å². The van der Waals surface area contributed by atoms with Gasteiger partial charge >= 0.3 is 0 Å². The van der Waals surface area contributed by atoms with Gasteiger partial charge < -0.3 is 14.5 Å². The maximum atomic E-state index is 5.76. The van der Waals surface area contributed by atoms with Gasteiger partial charge in [-0.15, -0.1) is 6.58 Å². The Morgan fingerprint density at radius 1 is 1.44 bits per heavy atom. The van der Waals surface area contributed by atoms with Crippen LogP contribution in [0.15, 0.2) is 29.2 Å². The first kappa shape index (κ1) is 15.0. The smallest absolute Gasteiger partial charge is 0.118 e. The third-order valence-electron chi connectivity index (χ3n) is 2.64. The van der Waals surface area contributed by atoms with Gasteiger partial charge in [-0.05, 0) is 18.7 Å². The topological polar surface area (TPSA) is 37.6 Å². The Kier molecular flexibility index (Phi) is 7.41. The lowest BCUT2D eigenvalue weighted by Crippen LogP contribution is -2.26. The van der Waals surface area contributed by atoms with E-state index in [-0.39, 0.29) is 0 Å². The second-order valence-corrected chi connectivity index (χ2v) is 4.16. The van der Waals surface area contributed by atoms with E-state index < -0.39 is 0 Å². The van der Waals surface area contributed by atoms with Crippen molar-refractivity contribution in [3.63, 3.8) is 0 Å². The van der Waals surface area contributed by atoms with Crippen molar-refractivity contribution in [2.75, 3.05) is 33.4 Å². The zero-order valence-electron chi connectivity index (χ0n) is 11.4. The van der Waals surface area contributed by atoms with E-state index >= 15 is 0 Å². The van der Waals surface area contributed by atoms with E-state index in [1.807, 2.05) is 18.2 Å². The minimum Gasteiger partial charge on any atom is -0.463 e. The molecule has 0 radical (unpaired) electrons. The highest BCUT2D eigenvalue weighted by Gasteiger charge is 2.07. The average Bonchev–Trinajstić information content (AvgIpc) is 2.81. The monoisotopic (exact) mass is 252 g/mol. The van der Waals surface area contributed by atoms with Crippen LogP contribution in [0.1, 0.15) is 18.4 Å². The predicted octanol–water partition coefficient (Wildman–Crippen LogP) is 2.02. The molecular weight excluding hydrogens is 228 g/mol. The Morgan fingerprint density at radius 2 is 2.22 bits per heavy atom. The van der Waals surface area contributed by atoms with Crippen molar-refractivity contribution in [1.82, 2.24) is 10.2 Å². The normalized spacial score (nSPS) is 11.1. The average molecular weight is 252 g/mol. The van der Waals surface area contributed by atoms with Crippen LogP contribution in [0.2, 0.25) is 0 Å². The molecule has 0 unspecified atom stereocenters. The van der Waals surface area contributed by atoms with E-state index in [4.69, 9.17) is 9.15 Å². The fourth-order valence-corrected chi connectivity index (χ4v) is 1.71. The number of hydrogen-bond donors (Lipinski definition) is 1. The van der Waals surface area contributed by atoms with Gasteiger partial charge in [-0.2, -0.15) is 0 Å². The van der Waals surface area contributed by atoms with Gasteiger partial charge in [0, 0.05) is 20.2 Å². The van der Waals surface area contributed by atoms with Crippen LogP contribution in [0, 0.1) is 0 Å². The van der Waals surface area contributed by atoms with Gasteiger partial charge in [-0.25, -0.2) is 0 Å². The molecule has 0 spiro atoms. The highest BCUT2D eigenvalue weighted by molar-refractivity contribution is 5.07. The molecule has 4 nitrogen and oxygen atoms in total. The summed E-state index contributed by atoms with van der Waals surface area (Å²) in [5.41, 5.74) is 0. The fourth-order valence-electron chi connectivity index (χ4n) is 1.71. The van der Waals surface area contributed by atoms with Crippen LogP contribution in [-0.4, -0.2) is 38.3 Å². The molecule has 0 amide bonds. The molecule has 1 N–H and O–H groups in total. The minimum absolute atomic E-state index is 0.721. The zero-order chi connectivity index (χ0) is 13.2. The minimum atomic E-state index is 0.721. The summed E-state index contributed by atoms with van der Waals surface area (Å²) in [6, 6.07) is 4.07. The van der Waals surface area contributed by atoms with Gasteiger partial charge in [-0.1, -0.05) is 13.0 Å². The standard InChI is InChI=1S/C14H24N2O2/c1-4-8-16(9-10-17-3)12-14-7-6-13(18-14)11-15-5-2/h4,6-7,15H,1,5,8-12H2,2-3H3. The van der Waals surface area contributed by atoms with Crippen LogP contribution in [-0.2, 0) is 17.8 Å². The SMILES string of the molecule is C=CCN(CCOC)Cc1ccc(CNCC)o1. The summed E-state index contributed by atoms with van der Waals surface area (Å²) in [6.07, 6.45) is 1.90. The molecule has 4 heteroatoms. The Bertz CT molecular complexity index is 336.